The molecule has 150 valence electrons. The van der Waals surface area contributed by atoms with Gasteiger partial charge in [0.15, 0.2) is 0 Å². The molecule has 1 N–H and O–H groups in total. The van der Waals surface area contributed by atoms with Crippen LogP contribution in [0.3, 0.4) is 0 Å². The Kier molecular flexibility index (Phi) is 4.64. The van der Waals surface area contributed by atoms with Gasteiger partial charge in [0.1, 0.15) is 17.4 Å². The van der Waals surface area contributed by atoms with Crippen LogP contribution >= 0.6 is 0 Å². The summed E-state index contributed by atoms with van der Waals surface area (Å²) in [6, 6.07) is 23.5. The van der Waals surface area contributed by atoms with E-state index in [4.69, 9.17) is 0 Å². The molecule has 0 unspecified atom stereocenters. The zero-order chi connectivity index (χ0) is 21.4. The first-order valence-electron chi connectivity index (χ1n) is 9.71. The van der Waals surface area contributed by atoms with Crippen molar-refractivity contribution >= 4 is 10.9 Å². The van der Waals surface area contributed by atoms with Gasteiger partial charge in [-0.15, -0.1) is 0 Å². The van der Waals surface area contributed by atoms with E-state index in [1.807, 2.05) is 36.4 Å². The molecular weight excluding hydrogens is 394 g/mol. The number of pyridine rings is 2. The largest absolute Gasteiger partial charge is 0.507 e. The van der Waals surface area contributed by atoms with E-state index in [0.29, 0.717) is 11.3 Å². The maximum Gasteiger partial charge on any atom is 0.135 e. The molecule has 31 heavy (non-hydrogen) atoms. The molecule has 0 saturated carbocycles. The molecule has 3 nitrogen and oxygen atoms in total. The van der Waals surface area contributed by atoms with Crippen LogP contribution in [0.5, 0.6) is 5.75 Å². The summed E-state index contributed by atoms with van der Waals surface area (Å²) in [5, 5.41) is 11.2. The van der Waals surface area contributed by atoms with Gasteiger partial charge in [-0.3, -0.25) is 4.98 Å². The van der Waals surface area contributed by atoms with E-state index in [9.17, 15) is 13.9 Å². The Morgan fingerprint density at radius 1 is 0.677 bits per heavy atom. The Morgan fingerprint density at radius 2 is 1.42 bits per heavy atom. The van der Waals surface area contributed by atoms with Crippen LogP contribution in [-0.2, 0) is 0 Å². The lowest BCUT2D eigenvalue weighted by Crippen LogP contribution is -1.94. The van der Waals surface area contributed by atoms with Gasteiger partial charge in [0.25, 0.3) is 0 Å². The summed E-state index contributed by atoms with van der Waals surface area (Å²) in [5.74, 6) is -1.14. The number of rotatable bonds is 3. The molecule has 0 saturated heterocycles. The zero-order valence-corrected chi connectivity index (χ0v) is 16.3. The van der Waals surface area contributed by atoms with Crippen LogP contribution in [0.2, 0.25) is 0 Å². The third kappa shape index (κ3) is 3.40. The number of halogens is 2. The molecule has 5 aromatic rings. The average molecular weight is 410 g/mol. The predicted molar refractivity (Wildman–Crippen MR) is 117 cm³/mol. The molecule has 0 aliphatic rings. The SMILES string of the molecule is Oc1ccccc1-c1ccnc2ccc(-c3cccc(-c4c(F)cccc4F)n3)cc12. The molecule has 0 radical (unpaired) electrons. The van der Waals surface area contributed by atoms with E-state index in [1.54, 1.807) is 36.5 Å². The normalized spacial score (nSPS) is 11.0. The van der Waals surface area contributed by atoms with Crippen molar-refractivity contribution < 1.29 is 13.9 Å². The number of aromatic nitrogens is 2. The number of phenolic OH excluding ortho intramolecular Hbond substituents is 1. The summed E-state index contributed by atoms with van der Waals surface area (Å²) in [7, 11) is 0. The van der Waals surface area contributed by atoms with Crippen molar-refractivity contribution in [3.8, 4) is 39.4 Å². The smallest absolute Gasteiger partial charge is 0.135 e. The number of para-hydroxylation sites is 1. The highest BCUT2D eigenvalue weighted by atomic mass is 19.1. The second kappa shape index (κ2) is 7.61. The summed E-state index contributed by atoms with van der Waals surface area (Å²) in [6.07, 6.45) is 1.70. The van der Waals surface area contributed by atoms with Crippen LogP contribution in [0.1, 0.15) is 0 Å². The van der Waals surface area contributed by atoms with Crippen molar-refractivity contribution in [3.05, 3.63) is 103 Å². The van der Waals surface area contributed by atoms with E-state index in [2.05, 4.69) is 9.97 Å². The summed E-state index contributed by atoms with van der Waals surface area (Å²) < 4.78 is 28.5. The molecule has 0 atom stereocenters. The van der Waals surface area contributed by atoms with Crippen LogP contribution in [0, 0.1) is 11.6 Å². The molecule has 5 rings (SSSR count). The molecule has 2 heterocycles. The quantitative estimate of drug-likeness (QED) is 0.364. The Morgan fingerprint density at radius 3 is 2.23 bits per heavy atom. The lowest BCUT2D eigenvalue weighted by molar-refractivity contribution is 0.477. The molecule has 2 aromatic heterocycles. The summed E-state index contributed by atoms with van der Waals surface area (Å²) in [6.45, 7) is 0. The van der Waals surface area contributed by atoms with Gasteiger partial charge < -0.3 is 5.11 Å². The topological polar surface area (TPSA) is 46.0 Å². The van der Waals surface area contributed by atoms with Gasteiger partial charge in [-0.1, -0.05) is 36.4 Å². The lowest BCUT2D eigenvalue weighted by Gasteiger charge is -2.11. The maximum atomic E-state index is 14.2. The average Bonchev–Trinajstić information content (AvgIpc) is 2.79. The molecule has 5 heteroatoms. The monoisotopic (exact) mass is 410 g/mol. The van der Waals surface area contributed by atoms with E-state index in [-0.39, 0.29) is 17.0 Å². The maximum absolute atomic E-state index is 14.2. The van der Waals surface area contributed by atoms with Crippen molar-refractivity contribution in [2.45, 2.75) is 0 Å². The highest BCUT2D eigenvalue weighted by molar-refractivity contribution is 5.97. The highest BCUT2D eigenvalue weighted by Gasteiger charge is 2.14. The standard InChI is InChI=1S/C26H16F2N2O/c27-20-6-3-7-21(28)26(20)24-9-4-8-22(30-24)16-11-12-23-19(15-16)17(13-14-29-23)18-5-1-2-10-25(18)31/h1-15,31H. The summed E-state index contributed by atoms with van der Waals surface area (Å²) in [5.41, 5.74) is 3.72. The number of benzene rings is 3. The van der Waals surface area contributed by atoms with Gasteiger partial charge in [0, 0.05) is 22.7 Å². The van der Waals surface area contributed by atoms with Crippen LogP contribution < -0.4 is 0 Å². The zero-order valence-electron chi connectivity index (χ0n) is 16.3. The minimum absolute atomic E-state index is 0.151. The fraction of sp³-hybridized carbons (Fsp3) is 0. The summed E-state index contributed by atoms with van der Waals surface area (Å²) in [4.78, 5) is 8.93. The number of fused-ring (bicyclic) bond motifs is 1. The van der Waals surface area contributed by atoms with Gasteiger partial charge in [-0.25, -0.2) is 13.8 Å². The Hall–Kier alpha value is -4.12. The first kappa shape index (κ1) is 18.9. The molecule has 0 fully saturated rings. The predicted octanol–water partition coefficient (Wildman–Crippen LogP) is 6.61. The van der Waals surface area contributed by atoms with Crippen molar-refractivity contribution in [1.29, 1.82) is 0 Å². The van der Waals surface area contributed by atoms with E-state index >= 15 is 0 Å². The van der Waals surface area contributed by atoms with Gasteiger partial charge >= 0.3 is 0 Å². The highest BCUT2D eigenvalue weighted by Crippen LogP contribution is 2.35. The summed E-state index contributed by atoms with van der Waals surface area (Å²) >= 11 is 0. The second-order valence-electron chi connectivity index (χ2n) is 7.11. The number of aromatic hydroxyl groups is 1. The Bertz CT molecular complexity index is 1410. The van der Waals surface area contributed by atoms with Gasteiger partial charge in [0.05, 0.1) is 22.5 Å². The van der Waals surface area contributed by atoms with Crippen molar-refractivity contribution in [2.75, 3.05) is 0 Å². The lowest BCUT2D eigenvalue weighted by atomic mass is 9.98. The van der Waals surface area contributed by atoms with Gasteiger partial charge in [0.2, 0.25) is 0 Å². The Balaban J connectivity index is 1.67. The molecule has 0 aliphatic carbocycles. The third-order valence-corrected chi connectivity index (χ3v) is 5.20. The number of phenols is 1. The Labute approximate surface area is 177 Å². The second-order valence-corrected chi connectivity index (χ2v) is 7.11. The fourth-order valence-corrected chi connectivity index (χ4v) is 3.72. The van der Waals surface area contributed by atoms with Crippen molar-refractivity contribution in [1.82, 2.24) is 9.97 Å². The molecule has 0 amide bonds. The number of hydrogen-bond acceptors (Lipinski definition) is 3. The first-order chi connectivity index (χ1) is 15.1. The molecule has 0 bridgehead atoms. The van der Waals surface area contributed by atoms with E-state index < -0.39 is 11.6 Å². The van der Waals surface area contributed by atoms with Crippen LogP contribution in [0.15, 0.2) is 91.1 Å². The third-order valence-electron chi connectivity index (χ3n) is 5.20. The molecule has 0 spiro atoms. The molecule has 0 aliphatic heterocycles. The van der Waals surface area contributed by atoms with E-state index in [1.165, 1.54) is 18.2 Å². The fourth-order valence-electron chi connectivity index (χ4n) is 3.72. The van der Waals surface area contributed by atoms with Crippen LogP contribution in [0.4, 0.5) is 8.78 Å². The van der Waals surface area contributed by atoms with Crippen LogP contribution in [0.25, 0.3) is 44.5 Å². The van der Waals surface area contributed by atoms with Gasteiger partial charge in [-0.2, -0.15) is 0 Å². The minimum atomic E-state index is -0.658. The van der Waals surface area contributed by atoms with Crippen molar-refractivity contribution in [2.24, 2.45) is 0 Å². The number of hydrogen-bond donors (Lipinski definition) is 1. The molecular formula is C26H16F2N2O. The number of nitrogens with zero attached hydrogens (tertiary/aromatic N) is 2. The minimum Gasteiger partial charge on any atom is -0.507 e. The van der Waals surface area contributed by atoms with Crippen molar-refractivity contribution in [3.63, 3.8) is 0 Å². The van der Waals surface area contributed by atoms with Crippen LogP contribution in [-0.4, -0.2) is 15.1 Å². The molecule has 3 aromatic carbocycles. The van der Waals surface area contributed by atoms with Gasteiger partial charge in [-0.05, 0) is 54.1 Å². The van der Waals surface area contributed by atoms with E-state index in [0.717, 1.165) is 22.0 Å². The first-order valence-corrected chi connectivity index (χ1v) is 9.71.